The maximum Gasteiger partial charge on any atom is 0.326 e. The second-order valence-corrected chi connectivity index (χ2v) is 5.41. The van der Waals surface area contributed by atoms with Crippen molar-refractivity contribution in [2.75, 3.05) is 23.8 Å². The number of hydrogen-bond donors (Lipinski definition) is 1. The molecule has 1 amide bonds. The normalized spacial score (nSPS) is 11.5. The summed E-state index contributed by atoms with van der Waals surface area (Å²) in [6.07, 6.45) is 2.19. The SMILES string of the molecule is CC(OC(=O)CN(C)c1ncccn1)C(=O)Nc1ccccc1Cl. The van der Waals surface area contributed by atoms with Crippen molar-refractivity contribution in [2.45, 2.75) is 13.0 Å². The van der Waals surface area contributed by atoms with E-state index in [9.17, 15) is 9.59 Å². The number of para-hydroxylation sites is 1. The molecule has 0 fully saturated rings. The number of nitrogens with zero attached hydrogens (tertiary/aromatic N) is 3. The number of halogens is 1. The quantitative estimate of drug-likeness (QED) is 0.805. The number of esters is 1. The standard InChI is InChI=1S/C16H17ClN4O3/c1-11(15(23)20-13-7-4-3-6-12(13)17)24-14(22)10-21(2)16-18-8-5-9-19-16/h3-9,11H,10H2,1-2H3,(H,20,23). The molecule has 1 N–H and O–H groups in total. The van der Waals surface area contributed by atoms with Crippen LogP contribution in [0.15, 0.2) is 42.7 Å². The molecule has 126 valence electrons. The summed E-state index contributed by atoms with van der Waals surface area (Å²) in [6, 6.07) is 8.49. The molecule has 0 bridgehead atoms. The van der Waals surface area contributed by atoms with Crippen LogP contribution in [0.5, 0.6) is 0 Å². The van der Waals surface area contributed by atoms with E-state index in [-0.39, 0.29) is 6.54 Å². The van der Waals surface area contributed by atoms with E-state index in [1.807, 2.05) is 0 Å². The monoisotopic (exact) mass is 348 g/mol. The Morgan fingerprint density at radius 2 is 1.92 bits per heavy atom. The largest absolute Gasteiger partial charge is 0.451 e. The van der Waals surface area contributed by atoms with Gasteiger partial charge in [0.05, 0.1) is 10.7 Å². The van der Waals surface area contributed by atoms with Gasteiger partial charge in [0.25, 0.3) is 5.91 Å². The van der Waals surface area contributed by atoms with Crippen LogP contribution in [0.4, 0.5) is 11.6 Å². The van der Waals surface area contributed by atoms with E-state index in [2.05, 4.69) is 15.3 Å². The van der Waals surface area contributed by atoms with Crippen LogP contribution >= 0.6 is 11.6 Å². The first-order valence-corrected chi connectivity index (χ1v) is 7.58. The third-order valence-corrected chi connectivity index (χ3v) is 3.40. The highest BCUT2D eigenvalue weighted by Gasteiger charge is 2.20. The number of anilines is 2. The van der Waals surface area contributed by atoms with Gasteiger partial charge >= 0.3 is 5.97 Å². The third kappa shape index (κ3) is 4.92. The average molecular weight is 349 g/mol. The van der Waals surface area contributed by atoms with Gasteiger partial charge in [0, 0.05) is 19.4 Å². The van der Waals surface area contributed by atoms with Crippen molar-refractivity contribution >= 4 is 35.1 Å². The summed E-state index contributed by atoms with van der Waals surface area (Å²) in [6.45, 7) is 1.41. The number of hydrogen-bond acceptors (Lipinski definition) is 6. The number of benzene rings is 1. The predicted octanol–water partition coefficient (Wildman–Crippen LogP) is 2.14. The highest BCUT2D eigenvalue weighted by molar-refractivity contribution is 6.33. The molecule has 0 saturated carbocycles. The lowest BCUT2D eigenvalue weighted by Crippen LogP contribution is -2.35. The Morgan fingerprint density at radius 1 is 1.25 bits per heavy atom. The van der Waals surface area contributed by atoms with Crippen LogP contribution in [0.25, 0.3) is 0 Å². The fraction of sp³-hybridized carbons (Fsp3) is 0.250. The molecule has 1 aromatic carbocycles. The summed E-state index contributed by atoms with van der Waals surface area (Å²) in [5, 5.41) is 3.02. The highest BCUT2D eigenvalue weighted by Crippen LogP contribution is 2.20. The topological polar surface area (TPSA) is 84.4 Å². The summed E-state index contributed by atoms with van der Waals surface area (Å²) in [4.78, 5) is 33.6. The van der Waals surface area contributed by atoms with E-state index in [0.29, 0.717) is 16.7 Å². The molecule has 2 rings (SSSR count). The molecule has 2 aromatic rings. The molecule has 24 heavy (non-hydrogen) atoms. The molecule has 1 atom stereocenters. The maximum absolute atomic E-state index is 12.1. The molecule has 0 aliphatic carbocycles. The lowest BCUT2D eigenvalue weighted by atomic mass is 10.3. The minimum Gasteiger partial charge on any atom is -0.451 e. The number of amides is 1. The summed E-state index contributed by atoms with van der Waals surface area (Å²) in [7, 11) is 1.66. The van der Waals surface area contributed by atoms with Crippen molar-refractivity contribution in [3.8, 4) is 0 Å². The van der Waals surface area contributed by atoms with Crippen molar-refractivity contribution in [1.82, 2.24) is 9.97 Å². The van der Waals surface area contributed by atoms with Gasteiger partial charge in [-0.25, -0.2) is 9.97 Å². The van der Waals surface area contributed by atoms with E-state index < -0.39 is 18.0 Å². The molecule has 0 spiro atoms. The Morgan fingerprint density at radius 3 is 2.58 bits per heavy atom. The first kappa shape index (κ1) is 17.7. The second kappa shape index (κ2) is 8.26. The van der Waals surface area contributed by atoms with Gasteiger partial charge in [-0.15, -0.1) is 0 Å². The Labute approximate surface area is 144 Å². The average Bonchev–Trinajstić information content (AvgIpc) is 2.57. The second-order valence-electron chi connectivity index (χ2n) is 5.01. The minimum atomic E-state index is -0.959. The summed E-state index contributed by atoms with van der Waals surface area (Å²) in [5.74, 6) is -0.635. The summed E-state index contributed by atoms with van der Waals surface area (Å²) >= 11 is 5.97. The van der Waals surface area contributed by atoms with Crippen molar-refractivity contribution in [2.24, 2.45) is 0 Å². The van der Waals surface area contributed by atoms with Gasteiger partial charge in [-0.1, -0.05) is 23.7 Å². The minimum absolute atomic E-state index is 0.0757. The fourth-order valence-corrected chi connectivity index (χ4v) is 2.02. The smallest absolute Gasteiger partial charge is 0.326 e. The van der Waals surface area contributed by atoms with Gasteiger partial charge < -0.3 is 15.0 Å². The number of carbonyl (C=O) groups excluding carboxylic acids is 2. The molecular formula is C16H17ClN4O3. The lowest BCUT2D eigenvalue weighted by molar-refractivity contribution is -0.151. The van der Waals surface area contributed by atoms with E-state index in [0.717, 1.165) is 0 Å². The Hall–Kier alpha value is -2.67. The van der Waals surface area contributed by atoms with Gasteiger partial charge in [0.15, 0.2) is 6.10 Å². The number of aromatic nitrogens is 2. The lowest BCUT2D eigenvalue weighted by Gasteiger charge is -2.18. The van der Waals surface area contributed by atoms with Crippen molar-refractivity contribution in [3.05, 3.63) is 47.7 Å². The zero-order valence-corrected chi connectivity index (χ0v) is 14.0. The van der Waals surface area contributed by atoms with E-state index in [4.69, 9.17) is 16.3 Å². The molecule has 0 aliphatic heterocycles. The maximum atomic E-state index is 12.1. The highest BCUT2D eigenvalue weighted by atomic mass is 35.5. The molecular weight excluding hydrogens is 332 g/mol. The zero-order chi connectivity index (χ0) is 17.5. The molecule has 7 nitrogen and oxygen atoms in total. The van der Waals surface area contributed by atoms with E-state index in [1.54, 1.807) is 49.8 Å². The first-order chi connectivity index (χ1) is 11.5. The number of carbonyl (C=O) groups is 2. The summed E-state index contributed by atoms with van der Waals surface area (Å²) < 4.78 is 5.13. The third-order valence-electron chi connectivity index (χ3n) is 3.07. The van der Waals surface area contributed by atoms with Crippen LogP contribution in [-0.2, 0) is 14.3 Å². The van der Waals surface area contributed by atoms with E-state index in [1.165, 1.54) is 11.8 Å². The van der Waals surface area contributed by atoms with Crippen LogP contribution in [0.2, 0.25) is 5.02 Å². The van der Waals surface area contributed by atoms with Gasteiger partial charge in [0.2, 0.25) is 5.95 Å². The van der Waals surface area contributed by atoms with Crippen LogP contribution in [0, 0.1) is 0 Å². The van der Waals surface area contributed by atoms with Crippen LogP contribution in [0.3, 0.4) is 0 Å². The Balaban J connectivity index is 1.87. The molecule has 1 heterocycles. The Kier molecular flexibility index (Phi) is 6.08. The van der Waals surface area contributed by atoms with Gasteiger partial charge in [0.1, 0.15) is 6.54 Å². The van der Waals surface area contributed by atoms with Crippen LogP contribution < -0.4 is 10.2 Å². The number of rotatable bonds is 6. The predicted molar refractivity (Wildman–Crippen MR) is 90.9 cm³/mol. The van der Waals surface area contributed by atoms with Crippen LogP contribution in [-0.4, -0.2) is 41.5 Å². The molecule has 8 heteroatoms. The summed E-state index contributed by atoms with van der Waals surface area (Å²) in [5.41, 5.74) is 0.460. The number of likely N-dealkylation sites (N-methyl/N-ethyl adjacent to an activating group) is 1. The number of nitrogens with one attached hydrogen (secondary N) is 1. The van der Waals surface area contributed by atoms with Gasteiger partial charge in [-0.3, -0.25) is 9.59 Å². The molecule has 1 aromatic heterocycles. The van der Waals surface area contributed by atoms with E-state index >= 15 is 0 Å². The van der Waals surface area contributed by atoms with Gasteiger partial charge in [-0.05, 0) is 25.1 Å². The first-order valence-electron chi connectivity index (χ1n) is 7.20. The van der Waals surface area contributed by atoms with Gasteiger partial charge in [-0.2, -0.15) is 0 Å². The molecule has 0 saturated heterocycles. The Bertz CT molecular complexity index is 711. The zero-order valence-electron chi connectivity index (χ0n) is 13.3. The fourth-order valence-electron chi connectivity index (χ4n) is 1.84. The van der Waals surface area contributed by atoms with Crippen LogP contribution in [0.1, 0.15) is 6.92 Å². The number of ether oxygens (including phenoxy) is 1. The van der Waals surface area contributed by atoms with Crippen molar-refractivity contribution in [3.63, 3.8) is 0 Å². The molecule has 0 aliphatic rings. The molecule has 1 unspecified atom stereocenters. The van der Waals surface area contributed by atoms with Crippen molar-refractivity contribution in [1.29, 1.82) is 0 Å². The van der Waals surface area contributed by atoms with Crippen molar-refractivity contribution < 1.29 is 14.3 Å². The molecule has 0 radical (unpaired) electrons.